The molecule has 3 amide bonds. The first-order valence-corrected chi connectivity index (χ1v) is 14.5. The van der Waals surface area contributed by atoms with Crippen molar-refractivity contribution in [1.29, 1.82) is 0 Å². The summed E-state index contributed by atoms with van der Waals surface area (Å²) in [5, 5.41) is 10.1. The van der Waals surface area contributed by atoms with Crippen LogP contribution in [0.3, 0.4) is 0 Å². The molecule has 3 aromatic carbocycles. The minimum atomic E-state index is -0.437. The van der Waals surface area contributed by atoms with E-state index in [0.29, 0.717) is 11.3 Å². The standard InChI is InChI=1S/C29H24IN3O3S2/c1-19(27(34)31-22-11-9-21(30)10-12-22)38-24-15-13-23(14-16-24)32-29(36)26(18-25-8-5-17-37-25)33-28(35)20-6-3-2-4-7-20/h2-19H,1H3,(H,31,34)(H,32,36)(H,33,35)/b26-18-. The maximum absolute atomic E-state index is 13.1. The third-order valence-electron chi connectivity index (χ3n) is 5.26. The smallest absolute Gasteiger partial charge is 0.272 e. The van der Waals surface area contributed by atoms with Crippen molar-refractivity contribution < 1.29 is 14.4 Å². The highest BCUT2D eigenvalue weighted by molar-refractivity contribution is 14.1. The minimum Gasteiger partial charge on any atom is -0.325 e. The lowest BCUT2D eigenvalue weighted by molar-refractivity contribution is -0.115. The van der Waals surface area contributed by atoms with E-state index in [2.05, 4.69) is 38.5 Å². The number of carbonyl (C=O) groups excluding carboxylic acids is 3. The van der Waals surface area contributed by atoms with Crippen molar-refractivity contribution in [2.24, 2.45) is 0 Å². The van der Waals surface area contributed by atoms with Crippen LogP contribution < -0.4 is 16.0 Å². The highest BCUT2D eigenvalue weighted by Gasteiger charge is 2.17. The maximum Gasteiger partial charge on any atom is 0.272 e. The molecular weight excluding hydrogens is 629 g/mol. The van der Waals surface area contributed by atoms with E-state index in [1.165, 1.54) is 23.1 Å². The van der Waals surface area contributed by atoms with Gasteiger partial charge in [-0.2, -0.15) is 0 Å². The number of thiophene rings is 1. The molecule has 4 rings (SSSR count). The van der Waals surface area contributed by atoms with Crippen LogP contribution in [0.4, 0.5) is 11.4 Å². The molecule has 9 heteroatoms. The van der Waals surface area contributed by atoms with Gasteiger partial charge >= 0.3 is 0 Å². The van der Waals surface area contributed by atoms with Crippen LogP contribution >= 0.6 is 45.7 Å². The van der Waals surface area contributed by atoms with E-state index in [4.69, 9.17) is 0 Å². The Bertz CT molecular complexity index is 1420. The van der Waals surface area contributed by atoms with Gasteiger partial charge in [-0.3, -0.25) is 14.4 Å². The molecule has 0 spiro atoms. The van der Waals surface area contributed by atoms with Gasteiger partial charge in [-0.25, -0.2) is 0 Å². The van der Waals surface area contributed by atoms with E-state index < -0.39 is 5.91 Å². The molecule has 0 saturated carbocycles. The first-order chi connectivity index (χ1) is 18.4. The van der Waals surface area contributed by atoms with Crippen molar-refractivity contribution in [1.82, 2.24) is 5.32 Å². The Kier molecular flexibility index (Phi) is 9.74. The van der Waals surface area contributed by atoms with E-state index in [9.17, 15) is 14.4 Å². The number of benzene rings is 3. The lowest BCUT2D eigenvalue weighted by Crippen LogP contribution is -2.30. The number of rotatable bonds is 9. The molecule has 1 unspecified atom stereocenters. The normalized spacial score (nSPS) is 11.9. The molecule has 1 aromatic heterocycles. The predicted molar refractivity (Wildman–Crippen MR) is 164 cm³/mol. The van der Waals surface area contributed by atoms with Crippen molar-refractivity contribution in [3.8, 4) is 0 Å². The summed E-state index contributed by atoms with van der Waals surface area (Å²) in [5.41, 5.74) is 1.92. The summed E-state index contributed by atoms with van der Waals surface area (Å²) in [6.07, 6.45) is 1.65. The number of anilines is 2. The Morgan fingerprint density at radius 1 is 0.842 bits per heavy atom. The van der Waals surface area contributed by atoms with Gasteiger partial charge in [0.25, 0.3) is 11.8 Å². The quantitative estimate of drug-likeness (QED) is 0.104. The number of hydrogen-bond acceptors (Lipinski definition) is 5. The van der Waals surface area contributed by atoms with Gasteiger partial charge in [-0.1, -0.05) is 24.3 Å². The van der Waals surface area contributed by atoms with Crippen molar-refractivity contribution in [3.05, 3.63) is 116 Å². The summed E-state index contributed by atoms with van der Waals surface area (Å²) >= 11 is 5.11. The fraction of sp³-hybridized carbons (Fsp3) is 0.0690. The van der Waals surface area contributed by atoms with Gasteiger partial charge in [0, 0.05) is 30.3 Å². The molecule has 0 bridgehead atoms. The number of amides is 3. The molecule has 1 heterocycles. The number of nitrogens with one attached hydrogen (secondary N) is 3. The first-order valence-electron chi connectivity index (χ1n) is 11.6. The molecule has 0 fully saturated rings. The zero-order valence-corrected chi connectivity index (χ0v) is 24.1. The molecule has 0 aliphatic carbocycles. The lowest BCUT2D eigenvalue weighted by Gasteiger charge is -2.13. The number of halogens is 1. The largest absolute Gasteiger partial charge is 0.325 e. The molecule has 0 saturated heterocycles. The summed E-state index contributed by atoms with van der Waals surface area (Å²) in [5.74, 6) is -0.896. The van der Waals surface area contributed by atoms with Crippen molar-refractivity contribution >= 4 is 80.9 Å². The zero-order chi connectivity index (χ0) is 26.9. The lowest BCUT2D eigenvalue weighted by atomic mass is 10.2. The van der Waals surface area contributed by atoms with E-state index in [0.717, 1.165) is 19.0 Å². The van der Waals surface area contributed by atoms with Crippen LogP contribution in [0.5, 0.6) is 0 Å². The van der Waals surface area contributed by atoms with Gasteiger partial charge in [0.05, 0.1) is 5.25 Å². The van der Waals surface area contributed by atoms with E-state index in [1.54, 1.807) is 42.5 Å². The summed E-state index contributed by atoms with van der Waals surface area (Å²) in [4.78, 5) is 40.1. The van der Waals surface area contributed by atoms with Crippen LogP contribution in [-0.4, -0.2) is 23.0 Å². The Balaban J connectivity index is 1.39. The second-order valence-corrected chi connectivity index (χ2v) is 11.8. The molecule has 3 N–H and O–H groups in total. The maximum atomic E-state index is 13.1. The van der Waals surface area contributed by atoms with Gasteiger partial charge in [0.2, 0.25) is 5.91 Å². The topological polar surface area (TPSA) is 87.3 Å². The van der Waals surface area contributed by atoms with Gasteiger partial charge in [0.1, 0.15) is 5.70 Å². The van der Waals surface area contributed by atoms with Gasteiger partial charge in [-0.05, 0) is 108 Å². The van der Waals surface area contributed by atoms with Gasteiger partial charge < -0.3 is 16.0 Å². The first kappa shape index (κ1) is 27.6. The summed E-state index contributed by atoms with van der Waals surface area (Å²) in [6, 6.07) is 27.3. The van der Waals surface area contributed by atoms with Crippen molar-refractivity contribution in [2.75, 3.05) is 10.6 Å². The van der Waals surface area contributed by atoms with Gasteiger partial charge in [-0.15, -0.1) is 23.1 Å². The second-order valence-electron chi connectivity index (χ2n) is 8.13. The third kappa shape index (κ3) is 8.04. The van der Waals surface area contributed by atoms with Crippen LogP contribution in [0.15, 0.2) is 107 Å². The average Bonchev–Trinajstić information content (AvgIpc) is 3.44. The molecule has 38 heavy (non-hydrogen) atoms. The summed E-state index contributed by atoms with van der Waals surface area (Å²) in [7, 11) is 0. The number of thioether (sulfide) groups is 1. The molecule has 0 aliphatic rings. The highest BCUT2D eigenvalue weighted by atomic mass is 127. The third-order valence-corrected chi connectivity index (χ3v) is 7.92. The van der Waals surface area contributed by atoms with Crippen molar-refractivity contribution in [3.63, 3.8) is 0 Å². The van der Waals surface area contributed by atoms with E-state index in [-0.39, 0.29) is 22.8 Å². The Morgan fingerprint density at radius 2 is 1.50 bits per heavy atom. The van der Waals surface area contributed by atoms with E-state index >= 15 is 0 Å². The fourth-order valence-electron chi connectivity index (χ4n) is 3.31. The summed E-state index contributed by atoms with van der Waals surface area (Å²) < 4.78 is 1.10. The summed E-state index contributed by atoms with van der Waals surface area (Å²) in [6.45, 7) is 1.85. The van der Waals surface area contributed by atoms with Crippen LogP contribution in [0.2, 0.25) is 0 Å². The Labute approximate surface area is 243 Å². The van der Waals surface area contributed by atoms with Crippen LogP contribution in [0.1, 0.15) is 22.2 Å². The second kappa shape index (κ2) is 13.4. The van der Waals surface area contributed by atoms with Gasteiger partial charge in [0.15, 0.2) is 0 Å². The molecule has 4 aromatic rings. The number of carbonyl (C=O) groups is 3. The molecule has 6 nitrogen and oxygen atoms in total. The molecule has 0 radical (unpaired) electrons. The molecule has 0 aliphatic heterocycles. The fourth-order valence-corrected chi connectivity index (χ4v) is 5.19. The SMILES string of the molecule is CC(Sc1ccc(NC(=O)/C(=C/c2cccs2)NC(=O)c2ccccc2)cc1)C(=O)Nc1ccc(I)cc1. The Morgan fingerprint density at radius 3 is 2.16 bits per heavy atom. The van der Waals surface area contributed by atoms with Crippen LogP contribution in [0, 0.1) is 3.57 Å². The Hall–Kier alpha value is -3.41. The molecular formula is C29H24IN3O3S2. The monoisotopic (exact) mass is 653 g/mol. The zero-order valence-electron chi connectivity index (χ0n) is 20.3. The molecule has 1 atom stereocenters. The number of hydrogen-bond donors (Lipinski definition) is 3. The van der Waals surface area contributed by atoms with Crippen LogP contribution in [0.25, 0.3) is 6.08 Å². The highest BCUT2D eigenvalue weighted by Crippen LogP contribution is 2.26. The molecule has 192 valence electrons. The predicted octanol–water partition coefficient (Wildman–Crippen LogP) is 6.88. The van der Waals surface area contributed by atoms with Crippen molar-refractivity contribution in [2.45, 2.75) is 17.1 Å². The average molecular weight is 654 g/mol. The van der Waals surface area contributed by atoms with E-state index in [1.807, 2.05) is 66.9 Å². The van der Waals surface area contributed by atoms with Crippen LogP contribution in [-0.2, 0) is 9.59 Å². The minimum absolute atomic E-state index is 0.0916.